The molecule has 1 aromatic rings. The minimum absolute atomic E-state index is 0.0903. The van der Waals surface area contributed by atoms with Crippen LogP contribution in [0.5, 0.6) is 0 Å². The zero-order valence-corrected chi connectivity index (χ0v) is 15.6. The normalized spacial score (nSPS) is 12.2. The molecule has 7 heteroatoms. The summed E-state index contributed by atoms with van der Waals surface area (Å²) in [6, 6.07) is 4.64. The van der Waals surface area contributed by atoms with E-state index in [0.717, 1.165) is 0 Å². The van der Waals surface area contributed by atoms with Crippen LogP contribution in [0.15, 0.2) is 22.7 Å². The Labute approximate surface area is 144 Å². The number of nitrogens with one attached hydrogen (secondary N) is 2. The van der Waals surface area contributed by atoms with E-state index >= 15 is 0 Å². The van der Waals surface area contributed by atoms with Crippen molar-refractivity contribution in [1.29, 1.82) is 0 Å². The average molecular weight is 393 g/mol. The number of carbonyl (C=O) groups excluding carboxylic acids is 1. The van der Waals surface area contributed by atoms with Gasteiger partial charge in [-0.3, -0.25) is 0 Å². The monoisotopic (exact) mass is 392 g/mol. The molecule has 0 aliphatic heterocycles. The van der Waals surface area contributed by atoms with E-state index in [2.05, 4.69) is 26.6 Å². The Kier molecular flexibility index (Phi) is 6.39. The molecule has 0 spiro atoms. The fraction of sp³-hybridized carbons (Fsp3) is 0.562. The van der Waals surface area contributed by atoms with E-state index in [1.165, 1.54) is 6.07 Å². The largest absolute Gasteiger partial charge is 0.444 e. The molecule has 23 heavy (non-hydrogen) atoms. The average Bonchev–Trinajstić information content (AvgIpc) is 2.33. The molecule has 0 saturated heterocycles. The first-order valence-corrected chi connectivity index (χ1v) is 8.01. The van der Waals surface area contributed by atoms with Gasteiger partial charge in [-0.05, 0) is 52.8 Å². The van der Waals surface area contributed by atoms with E-state index < -0.39 is 23.7 Å². The molecular weight excluding hydrogens is 370 g/mol. The highest BCUT2D eigenvalue weighted by Crippen LogP contribution is 2.30. The van der Waals surface area contributed by atoms with Crippen molar-refractivity contribution in [3.8, 4) is 0 Å². The van der Waals surface area contributed by atoms with Crippen LogP contribution in [-0.2, 0) is 4.74 Å². The molecule has 0 atom stereocenters. The van der Waals surface area contributed by atoms with Crippen LogP contribution in [0.25, 0.3) is 0 Å². The summed E-state index contributed by atoms with van der Waals surface area (Å²) < 4.78 is 31.9. The van der Waals surface area contributed by atoms with Crippen molar-refractivity contribution in [2.24, 2.45) is 0 Å². The van der Waals surface area contributed by atoms with Crippen molar-refractivity contribution in [2.75, 3.05) is 11.9 Å². The van der Waals surface area contributed by atoms with Crippen molar-refractivity contribution in [3.05, 3.63) is 28.2 Å². The Morgan fingerprint density at radius 1 is 1.26 bits per heavy atom. The van der Waals surface area contributed by atoms with Gasteiger partial charge in [0.2, 0.25) is 0 Å². The van der Waals surface area contributed by atoms with Gasteiger partial charge in [0.25, 0.3) is 6.43 Å². The minimum Gasteiger partial charge on any atom is -0.444 e. The molecule has 0 aromatic heterocycles. The highest BCUT2D eigenvalue weighted by molar-refractivity contribution is 9.10. The summed E-state index contributed by atoms with van der Waals surface area (Å²) in [5.41, 5.74) is -1.02. The number of carbonyl (C=O) groups is 1. The number of benzene rings is 1. The maximum absolute atomic E-state index is 13.1. The van der Waals surface area contributed by atoms with Crippen molar-refractivity contribution < 1.29 is 18.3 Å². The van der Waals surface area contributed by atoms with Crippen molar-refractivity contribution in [2.45, 2.75) is 52.2 Å². The highest BCUT2D eigenvalue weighted by atomic mass is 79.9. The second kappa shape index (κ2) is 7.47. The number of alkyl carbamates (subject to hydrolysis) is 1. The number of anilines is 1. The SMILES string of the molecule is CC(C)(CNc1ccc(Br)cc1C(F)F)NC(=O)OC(C)(C)C. The lowest BCUT2D eigenvalue weighted by Crippen LogP contribution is -2.50. The van der Waals surface area contributed by atoms with Gasteiger partial charge < -0.3 is 15.4 Å². The Hall–Kier alpha value is -1.37. The molecule has 0 heterocycles. The Bertz CT molecular complexity index is 558. The molecule has 4 nitrogen and oxygen atoms in total. The van der Waals surface area contributed by atoms with Crippen LogP contribution in [0.1, 0.15) is 46.6 Å². The molecule has 1 aromatic carbocycles. The number of rotatable bonds is 5. The van der Waals surface area contributed by atoms with Crippen molar-refractivity contribution in [3.63, 3.8) is 0 Å². The molecule has 0 saturated carbocycles. The number of halogens is 3. The molecule has 1 rings (SSSR count). The van der Waals surface area contributed by atoms with Crippen LogP contribution < -0.4 is 10.6 Å². The van der Waals surface area contributed by atoms with Crippen molar-refractivity contribution in [1.82, 2.24) is 5.32 Å². The topological polar surface area (TPSA) is 50.4 Å². The van der Waals surface area contributed by atoms with Gasteiger partial charge in [-0.2, -0.15) is 0 Å². The van der Waals surface area contributed by atoms with Gasteiger partial charge in [0, 0.05) is 22.3 Å². The van der Waals surface area contributed by atoms with Gasteiger partial charge in [-0.25, -0.2) is 13.6 Å². The number of hydrogen-bond donors (Lipinski definition) is 2. The van der Waals surface area contributed by atoms with E-state index in [9.17, 15) is 13.6 Å². The van der Waals surface area contributed by atoms with Gasteiger partial charge >= 0.3 is 6.09 Å². The number of alkyl halides is 2. The predicted molar refractivity (Wildman–Crippen MR) is 91.0 cm³/mol. The molecule has 0 aliphatic carbocycles. The summed E-state index contributed by atoms with van der Waals surface area (Å²) in [7, 11) is 0. The van der Waals surface area contributed by atoms with E-state index in [0.29, 0.717) is 10.2 Å². The standard InChI is InChI=1S/C16H23BrF2N2O2/c1-15(2,3)23-14(22)21-16(4,5)9-20-12-7-6-10(17)8-11(12)13(18)19/h6-8,13,20H,9H2,1-5H3,(H,21,22). The third-order valence-electron chi connectivity index (χ3n) is 2.81. The van der Waals surface area contributed by atoms with Gasteiger partial charge in [0.05, 0.1) is 5.54 Å². The van der Waals surface area contributed by atoms with Crippen LogP contribution in [0.2, 0.25) is 0 Å². The second-order valence-electron chi connectivity index (χ2n) is 6.90. The van der Waals surface area contributed by atoms with Crippen LogP contribution in [0.4, 0.5) is 19.3 Å². The summed E-state index contributed by atoms with van der Waals surface area (Å²) in [6.45, 7) is 9.15. The third-order valence-corrected chi connectivity index (χ3v) is 3.30. The summed E-state index contributed by atoms with van der Waals surface area (Å²) in [5, 5.41) is 5.68. The molecule has 0 radical (unpaired) electrons. The number of hydrogen-bond acceptors (Lipinski definition) is 3. The maximum atomic E-state index is 13.1. The summed E-state index contributed by atoms with van der Waals surface area (Å²) in [5.74, 6) is 0. The Morgan fingerprint density at radius 3 is 2.39 bits per heavy atom. The van der Waals surface area contributed by atoms with Crippen LogP contribution in [-0.4, -0.2) is 23.8 Å². The maximum Gasteiger partial charge on any atom is 0.408 e. The molecular formula is C16H23BrF2N2O2. The molecule has 1 amide bonds. The van der Waals surface area contributed by atoms with Crippen LogP contribution in [0.3, 0.4) is 0 Å². The van der Waals surface area contributed by atoms with E-state index in [4.69, 9.17) is 4.74 Å². The minimum atomic E-state index is -2.59. The molecule has 2 N–H and O–H groups in total. The lowest BCUT2D eigenvalue weighted by molar-refractivity contribution is 0.0477. The van der Waals surface area contributed by atoms with Crippen molar-refractivity contribution >= 4 is 27.7 Å². The zero-order valence-electron chi connectivity index (χ0n) is 14.0. The number of amides is 1. The lowest BCUT2D eigenvalue weighted by atomic mass is 10.1. The van der Waals surface area contributed by atoms with Gasteiger partial charge in [0.1, 0.15) is 5.60 Å². The molecule has 0 bridgehead atoms. The van der Waals surface area contributed by atoms with E-state index in [1.807, 2.05) is 0 Å². The zero-order chi connectivity index (χ0) is 17.8. The quantitative estimate of drug-likeness (QED) is 0.732. The highest BCUT2D eigenvalue weighted by Gasteiger charge is 2.25. The fourth-order valence-corrected chi connectivity index (χ4v) is 2.19. The van der Waals surface area contributed by atoms with E-state index in [1.54, 1.807) is 46.8 Å². The van der Waals surface area contributed by atoms with Gasteiger partial charge in [-0.1, -0.05) is 15.9 Å². The van der Waals surface area contributed by atoms with Crippen LogP contribution >= 0.6 is 15.9 Å². The molecule has 130 valence electrons. The second-order valence-corrected chi connectivity index (χ2v) is 7.81. The molecule has 0 unspecified atom stereocenters. The van der Waals surface area contributed by atoms with Gasteiger partial charge in [-0.15, -0.1) is 0 Å². The molecule has 0 fully saturated rings. The molecule has 0 aliphatic rings. The summed E-state index contributed by atoms with van der Waals surface area (Å²) in [6.07, 6.45) is -3.13. The smallest absolute Gasteiger partial charge is 0.408 e. The predicted octanol–water partition coefficient (Wildman–Crippen LogP) is 5.10. The fourth-order valence-electron chi connectivity index (χ4n) is 1.82. The van der Waals surface area contributed by atoms with Gasteiger partial charge in [0.15, 0.2) is 0 Å². The number of ether oxygens (including phenoxy) is 1. The third kappa shape index (κ3) is 7.16. The lowest BCUT2D eigenvalue weighted by Gasteiger charge is -2.29. The summed E-state index contributed by atoms with van der Waals surface area (Å²) >= 11 is 3.18. The first-order chi connectivity index (χ1) is 10.4. The van der Waals surface area contributed by atoms with Crippen LogP contribution in [0, 0.1) is 0 Å². The first-order valence-electron chi connectivity index (χ1n) is 7.22. The Balaban J connectivity index is 2.71. The van der Waals surface area contributed by atoms with E-state index in [-0.39, 0.29) is 12.1 Å². The Morgan fingerprint density at radius 2 is 1.87 bits per heavy atom. The first kappa shape index (κ1) is 19.7. The summed E-state index contributed by atoms with van der Waals surface area (Å²) in [4.78, 5) is 11.8.